The van der Waals surface area contributed by atoms with Gasteiger partial charge in [0, 0.05) is 28.6 Å². The number of hydrogen-bond donors (Lipinski definition) is 2. The zero-order chi connectivity index (χ0) is 17.5. The van der Waals surface area contributed by atoms with Gasteiger partial charge < -0.3 is 10.6 Å². The minimum Gasteiger partial charge on any atom is -0.352 e. The second-order valence-electron chi connectivity index (χ2n) is 5.35. The number of hydrogen-bond acceptors (Lipinski definition) is 2. The maximum atomic E-state index is 12.0. The fraction of sp³-hybridized carbons (Fsp3) is 0.222. The van der Waals surface area contributed by atoms with Crippen LogP contribution >= 0.6 is 23.2 Å². The largest absolute Gasteiger partial charge is 0.352 e. The molecule has 0 aromatic heterocycles. The molecule has 0 spiro atoms. The van der Waals surface area contributed by atoms with E-state index in [1.807, 2.05) is 19.1 Å². The highest BCUT2D eigenvalue weighted by Crippen LogP contribution is 2.16. The van der Waals surface area contributed by atoms with E-state index in [4.69, 9.17) is 23.2 Å². The maximum Gasteiger partial charge on any atom is 0.251 e. The summed E-state index contributed by atoms with van der Waals surface area (Å²) in [6.45, 7) is 2.16. The molecule has 126 valence electrons. The van der Waals surface area contributed by atoms with Gasteiger partial charge in [-0.3, -0.25) is 9.59 Å². The number of carbonyl (C=O) groups is 2. The molecule has 4 nitrogen and oxygen atoms in total. The highest BCUT2D eigenvalue weighted by molar-refractivity contribution is 6.30. The third-order valence-corrected chi connectivity index (χ3v) is 4.00. The molecule has 6 heteroatoms. The number of halogens is 2. The molecule has 2 amide bonds. The Bertz CT molecular complexity index is 700. The Morgan fingerprint density at radius 2 is 1.50 bits per heavy atom. The van der Waals surface area contributed by atoms with Crippen LogP contribution in [0.2, 0.25) is 10.0 Å². The molecular formula is C18H18Cl2N2O2. The van der Waals surface area contributed by atoms with E-state index in [0.29, 0.717) is 15.6 Å². The van der Waals surface area contributed by atoms with Crippen LogP contribution in [0.15, 0.2) is 48.5 Å². The Kier molecular flexibility index (Phi) is 6.64. The summed E-state index contributed by atoms with van der Waals surface area (Å²) >= 11 is 11.6. The van der Waals surface area contributed by atoms with Crippen molar-refractivity contribution in [2.75, 3.05) is 6.54 Å². The molecule has 0 fully saturated rings. The molecule has 0 heterocycles. The van der Waals surface area contributed by atoms with Gasteiger partial charge in [-0.15, -0.1) is 0 Å². The minimum atomic E-state index is -0.231. The maximum absolute atomic E-state index is 12.0. The predicted molar refractivity (Wildman–Crippen MR) is 96.4 cm³/mol. The van der Waals surface area contributed by atoms with E-state index in [0.717, 1.165) is 5.56 Å². The lowest BCUT2D eigenvalue weighted by Gasteiger charge is -2.14. The van der Waals surface area contributed by atoms with E-state index in [1.54, 1.807) is 36.4 Å². The fourth-order valence-electron chi connectivity index (χ4n) is 2.14. The Hall–Kier alpha value is -2.04. The van der Waals surface area contributed by atoms with Crippen molar-refractivity contribution < 1.29 is 9.59 Å². The van der Waals surface area contributed by atoms with Gasteiger partial charge in [0.2, 0.25) is 5.91 Å². The molecule has 2 rings (SSSR count). The van der Waals surface area contributed by atoms with E-state index in [9.17, 15) is 9.59 Å². The highest BCUT2D eigenvalue weighted by atomic mass is 35.5. The molecule has 0 aliphatic rings. The lowest BCUT2D eigenvalue weighted by molar-refractivity contribution is -0.121. The molecule has 2 aromatic rings. The predicted octanol–water partition coefficient (Wildman–Crippen LogP) is 3.99. The summed E-state index contributed by atoms with van der Waals surface area (Å²) in [6.07, 6.45) is 0.206. The van der Waals surface area contributed by atoms with Crippen LogP contribution in [0, 0.1) is 0 Å². The lowest BCUT2D eigenvalue weighted by atomic mass is 10.1. The molecule has 0 aliphatic carbocycles. The molecule has 0 saturated carbocycles. The van der Waals surface area contributed by atoms with Crippen LogP contribution < -0.4 is 10.6 Å². The smallest absolute Gasteiger partial charge is 0.251 e. The molecule has 1 atom stereocenters. The Labute approximate surface area is 151 Å². The second kappa shape index (κ2) is 8.71. The quantitative estimate of drug-likeness (QED) is 0.813. The van der Waals surface area contributed by atoms with Crippen LogP contribution in [0.25, 0.3) is 0 Å². The summed E-state index contributed by atoms with van der Waals surface area (Å²) in [5, 5.41) is 6.82. The summed E-state index contributed by atoms with van der Waals surface area (Å²) in [5.41, 5.74) is 1.48. The topological polar surface area (TPSA) is 58.2 Å². The first-order valence-electron chi connectivity index (χ1n) is 7.54. The standard InChI is InChI=1S/C18H18Cl2N2O2/c1-12(13-2-6-15(19)7-3-13)22-17(23)10-11-21-18(24)14-4-8-16(20)9-5-14/h2-9,12H,10-11H2,1H3,(H,21,24)(H,22,23)/t12-/m1/s1. The van der Waals surface area contributed by atoms with Gasteiger partial charge in [0.15, 0.2) is 0 Å². The second-order valence-corrected chi connectivity index (χ2v) is 6.23. The summed E-state index contributed by atoms with van der Waals surface area (Å²) in [4.78, 5) is 23.9. The Morgan fingerprint density at radius 1 is 0.958 bits per heavy atom. The van der Waals surface area contributed by atoms with E-state index < -0.39 is 0 Å². The van der Waals surface area contributed by atoms with Crippen LogP contribution in [0.1, 0.15) is 35.3 Å². The van der Waals surface area contributed by atoms with Gasteiger partial charge >= 0.3 is 0 Å². The SMILES string of the molecule is C[C@@H](NC(=O)CCNC(=O)c1ccc(Cl)cc1)c1ccc(Cl)cc1. The minimum absolute atomic E-state index is 0.123. The summed E-state index contributed by atoms with van der Waals surface area (Å²) < 4.78 is 0. The van der Waals surface area contributed by atoms with Crippen LogP contribution in [-0.2, 0) is 4.79 Å². The molecule has 2 aromatic carbocycles. The van der Waals surface area contributed by atoms with Crippen molar-refractivity contribution in [1.82, 2.24) is 10.6 Å². The molecule has 0 radical (unpaired) electrons. The molecular weight excluding hydrogens is 347 g/mol. The van der Waals surface area contributed by atoms with E-state index in [2.05, 4.69) is 10.6 Å². The molecule has 24 heavy (non-hydrogen) atoms. The first-order chi connectivity index (χ1) is 11.5. The van der Waals surface area contributed by atoms with Gasteiger partial charge in [0.05, 0.1) is 6.04 Å². The zero-order valence-corrected chi connectivity index (χ0v) is 14.7. The summed E-state index contributed by atoms with van der Waals surface area (Å²) in [5.74, 6) is -0.362. The third-order valence-electron chi connectivity index (χ3n) is 3.49. The lowest BCUT2D eigenvalue weighted by Crippen LogP contribution is -2.32. The van der Waals surface area contributed by atoms with Gasteiger partial charge in [-0.2, -0.15) is 0 Å². The molecule has 0 bridgehead atoms. The number of rotatable bonds is 6. The van der Waals surface area contributed by atoms with E-state index in [-0.39, 0.29) is 30.8 Å². The van der Waals surface area contributed by atoms with Crippen molar-refractivity contribution in [1.29, 1.82) is 0 Å². The average Bonchev–Trinajstić information content (AvgIpc) is 2.55. The number of carbonyl (C=O) groups excluding carboxylic acids is 2. The molecule has 2 N–H and O–H groups in total. The number of nitrogens with one attached hydrogen (secondary N) is 2. The van der Waals surface area contributed by atoms with Gasteiger partial charge in [0.1, 0.15) is 0 Å². The Morgan fingerprint density at radius 3 is 2.08 bits per heavy atom. The first-order valence-corrected chi connectivity index (χ1v) is 8.30. The van der Waals surface area contributed by atoms with E-state index >= 15 is 0 Å². The van der Waals surface area contributed by atoms with Crippen molar-refractivity contribution in [2.24, 2.45) is 0 Å². The normalized spacial score (nSPS) is 11.6. The van der Waals surface area contributed by atoms with Gasteiger partial charge in [-0.05, 0) is 48.9 Å². The summed E-state index contributed by atoms with van der Waals surface area (Å²) in [7, 11) is 0. The van der Waals surface area contributed by atoms with E-state index in [1.165, 1.54) is 0 Å². The first kappa shape index (κ1) is 18.3. The monoisotopic (exact) mass is 364 g/mol. The van der Waals surface area contributed by atoms with Gasteiger partial charge in [-0.25, -0.2) is 0 Å². The Balaban J connectivity index is 1.75. The highest BCUT2D eigenvalue weighted by Gasteiger charge is 2.10. The fourth-order valence-corrected chi connectivity index (χ4v) is 2.39. The van der Waals surface area contributed by atoms with Gasteiger partial charge in [0.25, 0.3) is 5.91 Å². The van der Waals surface area contributed by atoms with Crippen LogP contribution in [0.4, 0.5) is 0 Å². The van der Waals surface area contributed by atoms with Crippen molar-refractivity contribution in [3.05, 3.63) is 69.7 Å². The van der Waals surface area contributed by atoms with Crippen molar-refractivity contribution in [3.63, 3.8) is 0 Å². The van der Waals surface area contributed by atoms with Crippen molar-refractivity contribution in [2.45, 2.75) is 19.4 Å². The zero-order valence-electron chi connectivity index (χ0n) is 13.2. The van der Waals surface area contributed by atoms with Crippen molar-refractivity contribution in [3.8, 4) is 0 Å². The molecule has 0 saturated heterocycles. The summed E-state index contributed by atoms with van der Waals surface area (Å²) in [6, 6.07) is 13.8. The van der Waals surface area contributed by atoms with Gasteiger partial charge in [-0.1, -0.05) is 35.3 Å². The molecule has 0 unspecified atom stereocenters. The van der Waals surface area contributed by atoms with Crippen LogP contribution in [0.5, 0.6) is 0 Å². The van der Waals surface area contributed by atoms with Crippen LogP contribution in [-0.4, -0.2) is 18.4 Å². The average molecular weight is 365 g/mol. The number of benzene rings is 2. The van der Waals surface area contributed by atoms with Crippen LogP contribution in [0.3, 0.4) is 0 Å². The number of amides is 2. The molecule has 0 aliphatic heterocycles. The van der Waals surface area contributed by atoms with Crippen molar-refractivity contribution >= 4 is 35.0 Å². The third kappa shape index (κ3) is 5.55.